The van der Waals surface area contributed by atoms with Crippen LogP contribution in [0.3, 0.4) is 0 Å². The van der Waals surface area contributed by atoms with Gasteiger partial charge in [-0.05, 0) is 230 Å². The molecule has 6 heteroatoms. The van der Waals surface area contributed by atoms with Crippen molar-refractivity contribution in [1.82, 2.24) is 0 Å². The highest BCUT2D eigenvalue weighted by Crippen LogP contribution is 2.46. The van der Waals surface area contributed by atoms with Gasteiger partial charge >= 0.3 is 0 Å². The predicted octanol–water partition coefficient (Wildman–Crippen LogP) is 29.3. The van der Waals surface area contributed by atoms with E-state index in [1.165, 1.54) is 121 Å². The van der Waals surface area contributed by atoms with E-state index in [-0.39, 0.29) is 45.9 Å². The summed E-state index contributed by atoms with van der Waals surface area (Å²) in [6.07, 6.45) is 0. The van der Waals surface area contributed by atoms with E-state index >= 15 is 0 Å². The zero-order chi connectivity index (χ0) is 86.5. The topological polar surface area (TPSA) is 36.9 Å². The fourth-order valence-corrected chi connectivity index (χ4v) is 17.4. The van der Waals surface area contributed by atoms with Crippen molar-refractivity contribution >= 4 is 89.3 Å². The van der Waals surface area contributed by atoms with Crippen molar-refractivity contribution in [2.45, 2.75) is 185 Å². The van der Waals surface area contributed by atoms with Crippen molar-refractivity contribution in [3.63, 3.8) is 0 Å². The van der Waals surface area contributed by atoms with E-state index in [0.717, 1.165) is 79.2 Å². The Balaban J connectivity index is 0.000000126. The Hall–Kier alpha value is -12.1. The number of benzene rings is 16. The van der Waals surface area contributed by atoms with E-state index in [0.29, 0.717) is 0 Å². The molecule has 0 saturated carbocycles. The van der Waals surface area contributed by atoms with Crippen LogP contribution in [-0.2, 0) is 32.5 Å². The molecule has 4 nitrogen and oxygen atoms in total. The van der Waals surface area contributed by atoms with Gasteiger partial charge in [-0.25, -0.2) is 0 Å². The van der Waals surface area contributed by atoms with Gasteiger partial charge in [-0.2, -0.15) is 0 Å². The van der Waals surface area contributed by atoms with Gasteiger partial charge in [-0.1, -0.05) is 407 Å². The van der Waals surface area contributed by atoms with Crippen molar-refractivity contribution in [3.05, 3.63) is 349 Å². The predicted molar refractivity (Wildman–Crippen MR) is 528 cm³/mol. The zero-order valence-electron chi connectivity index (χ0n) is 75.8. The van der Waals surface area contributed by atoms with E-state index in [1.54, 1.807) is 0 Å². The Labute approximate surface area is 727 Å². The second-order valence-electron chi connectivity index (χ2n) is 38.8. The smallest absolute Gasteiger partial charge is 0.260 e. The molecule has 16 aromatic carbocycles. The van der Waals surface area contributed by atoms with Crippen LogP contribution in [0.4, 0.5) is 0 Å². The van der Waals surface area contributed by atoms with Crippen LogP contribution in [0.15, 0.2) is 315 Å². The maximum atomic E-state index is 6.76. The number of fused-ring (bicyclic) bond motifs is 12. The molecule has 0 radical (unpaired) electrons. The van der Waals surface area contributed by atoms with Crippen molar-refractivity contribution in [3.8, 4) is 90.5 Å². The summed E-state index contributed by atoms with van der Waals surface area (Å²) >= 11 is 0. The van der Waals surface area contributed by atoms with Gasteiger partial charge in [0.2, 0.25) is 0 Å². The van der Waals surface area contributed by atoms with Gasteiger partial charge in [-0.3, -0.25) is 0 Å². The van der Waals surface area contributed by atoms with Crippen LogP contribution < -0.4 is 51.7 Å². The Morgan fingerprint density at radius 1 is 0.197 bits per heavy atom. The molecule has 20 rings (SSSR count). The lowest BCUT2D eigenvalue weighted by molar-refractivity contribution is 0.461. The number of hydrogen-bond donors (Lipinski definition) is 0. The van der Waals surface area contributed by atoms with Crippen LogP contribution in [0.1, 0.15) is 186 Å². The van der Waals surface area contributed by atoms with Crippen LogP contribution in [0.5, 0.6) is 46.0 Å². The Bertz CT molecular complexity index is 6150. The van der Waals surface area contributed by atoms with Gasteiger partial charge in [0.25, 0.3) is 13.4 Å². The highest BCUT2D eigenvalue weighted by atomic mass is 16.5. The minimum atomic E-state index is 0.0397. The molecular weight excluding hydrogens is 1480 g/mol. The first-order chi connectivity index (χ1) is 58.3. The maximum absolute atomic E-state index is 6.76. The summed E-state index contributed by atoms with van der Waals surface area (Å²) in [6, 6.07) is 114. The molecule has 612 valence electrons. The molecule has 0 unspecified atom stereocenters. The molecular formula is C116H118B2O4. The summed E-state index contributed by atoms with van der Waals surface area (Å²) in [4.78, 5) is 0. The van der Waals surface area contributed by atoms with Gasteiger partial charge in [0, 0.05) is 16.5 Å². The summed E-state index contributed by atoms with van der Waals surface area (Å²) in [6.45, 7) is 48.6. The van der Waals surface area contributed by atoms with Crippen molar-refractivity contribution < 1.29 is 18.9 Å². The minimum Gasteiger partial charge on any atom is -0.458 e. The molecule has 122 heavy (non-hydrogen) atoms. The summed E-state index contributed by atoms with van der Waals surface area (Å²) in [5, 5.41) is 10.5. The second kappa shape index (κ2) is 33.7. The first-order valence-electron chi connectivity index (χ1n) is 44.1. The lowest BCUT2D eigenvalue weighted by Gasteiger charge is -2.35. The third kappa shape index (κ3) is 17.0. The van der Waals surface area contributed by atoms with E-state index < -0.39 is 0 Å². The average molecular weight is 1600 g/mol. The Kier molecular flexibility index (Phi) is 23.5. The SMILES string of the molecule is CC.CC.CC(C)(C)c1ccc(-c2c3ccccc3cc3ccccc23)cc1.CC(C)(C)c1ccc(-c2c3ccccc3cc3ccccc23)cc1.CC(C)(C)c1ccc2c(c1)Oc1cc(-c3ccccc3)cc3c1B2c1ccc(C(C)(C)C)cc1O3.CC(C)(C)c1ccc2c(c1)Oc1ccc(-c3ccccc3)c3c1B2c1ccc(C(C)(C)C)cc1O3. The molecule has 0 spiro atoms. The summed E-state index contributed by atoms with van der Waals surface area (Å²) in [5.74, 6) is 7.33. The molecule has 0 amide bonds. The van der Waals surface area contributed by atoms with Crippen molar-refractivity contribution in [1.29, 1.82) is 0 Å². The third-order valence-corrected chi connectivity index (χ3v) is 24.3. The molecule has 0 bridgehead atoms. The molecule has 0 aliphatic carbocycles. The Morgan fingerprint density at radius 3 is 0.803 bits per heavy atom. The van der Waals surface area contributed by atoms with Gasteiger partial charge in [0.05, 0.1) is 0 Å². The van der Waals surface area contributed by atoms with Crippen LogP contribution in [-0.4, -0.2) is 13.4 Å². The second-order valence-corrected chi connectivity index (χ2v) is 38.8. The van der Waals surface area contributed by atoms with E-state index in [1.807, 2.05) is 39.8 Å². The van der Waals surface area contributed by atoms with Crippen LogP contribution in [0, 0.1) is 0 Å². The van der Waals surface area contributed by atoms with Crippen LogP contribution in [0.2, 0.25) is 0 Å². The van der Waals surface area contributed by atoms with Gasteiger partial charge in [-0.15, -0.1) is 0 Å². The fraction of sp³-hybridized carbons (Fsp3) is 0.241. The minimum absolute atomic E-state index is 0.0397. The summed E-state index contributed by atoms with van der Waals surface area (Å²) < 4.78 is 26.6. The number of ether oxygens (including phenoxy) is 4. The third-order valence-electron chi connectivity index (χ3n) is 24.3. The maximum Gasteiger partial charge on any atom is 0.260 e. The quantitative estimate of drug-likeness (QED) is 0.130. The van der Waals surface area contributed by atoms with Crippen LogP contribution in [0.25, 0.3) is 87.6 Å². The number of hydrogen-bond acceptors (Lipinski definition) is 4. The molecule has 4 aliphatic heterocycles. The van der Waals surface area contributed by atoms with Crippen LogP contribution >= 0.6 is 0 Å². The van der Waals surface area contributed by atoms with Crippen molar-refractivity contribution in [2.24, 2.45) is 0 Å². The molecule has 4 aliphatic rings. The molecule has 0 fully saturated rings. The summed E-state index contributed by atoms with van der Waals surface area (Å²) in [7, 11) is 0. The first kappa shape index (κ1) is 84.9. The lowest BCUT2D eigenvalue weighted by Crippen LogP contribution is -2.57. The monoisotopic (exact) mass is 1600 g/mol. The first-order valence-corrected chi connectivity index (χ1v) is 44.1. The van der Waals surface area contributed by atoms with Gasteiger partial charge in [0.1, 0.15) is 46.0 Å². The van der Waals surface area contributed by atoms with E-state index in [9.17, 15) is 0 Å². The molecule has 4 heterocycles. The lowest BCUT2D eigenvalue weighted by atomic mass is 9.34. The van der Waals surface area contributed by atoms with E-state index in [2.05, 4.69) is 428 Å². The van der Waals surface area contributed by atoms with Gasteiger partial charge in [0.15, 0.2) is 0 Å². The van der Waals surface area contributed by atoms with Crippen molar-refractivity contribution in [2.75, 3.05) is 0 Å². The normalized spacial score (nSPS) is 12.7. The number of rotatable bonds is 4. The molecule has 16 aromatic rings. The largest absolute Gasteiger partial charge is 0.458 e. The molecule has 0 N–H and O–H groups in total. The highest BCUT2D eigenvalue weighted by molar-refractivity contribution is 6.99. The Morgan fingerprint density at radius 2 is 0.475 bits per heavy atom. The highest BCUT2D eigenvalue weighted by Gasteiger charge is 2.44. The standard InChI is InChI=1S/2C32H31BO2.2C24H22.2C2H6/c1-31(2,3)21-12-15-24-27(18-21)34-26-17-14-23(20-10-8-7-9-11-20)30-29(26)33(24)25-16-13-22(32(4,5)6)19-28(25)35-30;1-31(2,3)22-12-14-24-26(18-22)34-28-16-21(20-10-8-7-9-11-20)17-29-30(28)33(24)25-15-13-23(32(4,5)6)19-27(25)35-29;2*1-24(2,3)20-14-12-17(13-15-20)23-21-10-6-4-8-18(21)16-19-9-5-7-11-22(19)23;2*1-2/h2*7-19H,1-6H3;2*4-16H,1-3H3;2*1-2H3. The molecule has 0 saturated heterocycles. The fourth-order valence-electron chi connectivity index (χ4n) is 17.4. The van der Waals surface area contributed by atoms with E-state index in [4.69, 9.17) is 18.9 Å². The van der Waals surface area contributed by atoms with Gasteiger partial charge < -0.3 is 18.9 Å². The molecule has 0 aromatic heterocycles. The zero-order valence-corrected chi connectivity index (χ0v) is 75.8. The average Bonchev–Trinajstić information content (AvgIpc) is 0.718. The summed E-state index contributed by atoms with van der Waals surface area (Å²) in [5.41, 5.74) is 25.2. The molecule has 0 atom stereocenters.